The SMILES string of the molecule is CNC(=O)[C@H]1CN(Cc2cnn(C(C)C)c2)C[C@@H]1c1cnn(C)c1. The first kappa shape index (κ1) is 16.7. The Balaban J connectivity index is 1.74. The maximum absolute atomic E-state index is 12.3. The highest BCUT2D eigenvalue weighted by Crippen LogP contribution is 2.33. The van der Waals surface area contributed by atoms with Crippen LogP contribution in [0, 0.1) is 5.92 Å². The van der Waals surface area contributed by atoms with E-state index in [2.05, 4.69) is 40.5 Å². The van der Waals surface area contributed by atoms with Crippen LogP contribution in [0.1, 0.15) is 36.9 Å². The molecule has 7 heteroatoms. The largest absolute Gasteiger partial charge is 0.359 e. The molecule has 1 N–H and O–H groups in total. The minimum absolute atomic E-state index is 0.0423. The number of aromatic nitrogens is 4. The van der Waals surface area contributed by atoms with Gasteiger partial charge in [-0.15, -0.1) is 0 Å². The molecule has 130 valence electrons. The second kappa shape index (κ2) is 6.76. The number of carbonyl (C=O) groups is 1. The summed E-state index contributed by atoms with van der Waals surface area (Å²) in [6.07, 6.45) is 7.91. The van der Waals surface area contributed by atoms with Gasteiger partial charge in [-0.25, -0.2) is 0 Å². The molecule has 3 heterocycles. The summed E-state index contributed by atoms with van der Waals surface area (Å²) in [6.45, 7) is 6.67. The van der Waals surface area contributed by atoms with E-state index in [1.54, 1.807) is 11.7 Å². The zero-order chi connectivity index (χ0) is 17.3. The van der Waals surface area contributed by atoms with Crippen molar-refractivity contribution in [1.29, 1.82) is 0 Å². The van der Waals surface area contributed by atoms with Crippen molar-refractivity contribution in [1.82, 2.24) is 29.8 Å². The molecule has 2 aromatic rings. The number of hydrogen-bond acceptors (Lipinski definition) is 4. The molecule has 0 saturated carbocycles. The molecule has 1 fully saturated rings. The van der Waals surface area contributed by atoms with Gasteiger partial charge in [-0.1, -0.05) is 0 Å². The molecule has 0 unspecified atom stereocenters. The lowest BCUT2D eigenvalue weighted by atomic mass is 9.90. The third-order valence-electron chi connectivity index (χ3n) is 4.72. The Kier molecular flexibility index (Phi) is 4.71. The van der Waals surface area contributed by atoms with E-state index in [4.69, 9.17) is 0 Å². The summed E-state index contributed by atoms with van der Waals surface area (Å²) in [4.78, 5) is 14.6. The number of amides is 1. The Morgan fingerprint density at radius 2 is 2.08 bits per heavy atom. The fraction of sp³-hybridized carbons (Fsp3) is 0.588. The maximum atomic E-state index is 12.3. The monoisotopic (exact) mass is 330 g/mol. The number of likely N-dealkylation sites (tertiary alicyclic amines) is 1. The average molecular weight is 330 g/mol. The molecular weight excluding hydrogens is 304 g/mol. The molecule has 0 aromatic carbocycles. The van der Waals surface area contributed by atoms with Crippen LogP contribution >= 0.6 is 0 Å². The van der Waals surface area contributed by atoms with Crippen LogP contribution in [-0.2, 0) is 18.4 Å². The zero-order valence-corrected chi connectivity index (χ0v) is 14.8. The Bertz CT molecular complexity index is 704. The Labute approximate surface area is 142 Å². The van der Waals surface area contributed by atoms with Gasteiger partial charge in [-0.05, 0) is 19.4 Å². The van der Waals surface area contributed by atoms with Crippen LogP contribution in [0.4, 0.5) is 0 Å². The lowest BCUT2D eigenvalue weighted by molar-refractivity contribution is -0.124. The van der Waals surface area contributed by atoms with Gasteiger partial charge in [0.1, 0.15) is 0 Å². The van der Waals surface area contributed by atoms with E-state index in [1.807, 2.05) is 30.3 Å². The van der Waals surface area contributed by atoms with Crippen LogP contribution in [0.25, 0.3) is 0 Å². The van der Waals surface area contributed by atoms with Crippen molar-refractivity contribution in [3.63, 3.8) is 0 Å². The van der Waals surface area contributed by atoms with Crippen LogP contribution in [-0.4, -0.2) is 50.5 Å². The standard InChI is InChI=1S/C17H26N6O/c1-12(2)23-8-13(5-20-23)7-22-10-15(14-6-19-21(4)9-14)16(11-22)17(24)18-3/h5-6,8-9,12,15-16H,7,10-11H2,1-4H3,(H,18,24)/t15-,16+/m1/s1. The highest BCUT2D eigenvalue weighted by atomic mass is 16.1. The molecule has 0 aliphatic carbocycles. The quantitative estimate of drug-likeness (QED) is 0.893. The van der Waals surface area contributed by atoms with Gasteiger partial charge in [0.05, 0.1) is 18.3 Å². The van der Waals surface area contributed by atoms with Gasteiger partial charge >= 0.3 is 0 Å². The first-order valence-electron chi connectivity index (χ1n) is 8.43. The molecular formula is C17H26N6O. The van der Waals surface area contributed by atoms with E-state index in [0.717, 1.165) is 25.2 Å². The van der Waals surface area contributed by atoms with E-state index in [1.165, 1.54) is 5.56 Å². The zero-order valence-electron chi connectivity index (χ0n) is 14.8. The molecule has 0 spiro atoms. The lowest BCUT2D eigenvalue weighted by Gasteiger charge is -2.15. The van der Waals surface area contributed by atoms with Crippen LogP contribution in [0.2, 0.25) is 0 Å². The minimum Gasteiger partial charge on any atom is -0.359 e. The smallest absolute Gasteiger partial charge is 0.224 e. The second-order valence-electron chi connectivity index (χ2n) is 6.89. The number of aryl methyl sites for hydroxylation is 1. The molecule has 1 aliphatic rings. The second-order valence-corrected chi connectivity index (χ2v) is 6.89. The van der Waals surface area contributed by atoms with E-state index in [-0.39, 0.29) is 17.7 Å². The van der Waals surface area contributed by atoms with Crippen molar-refractivity contribution in [2.75, 3.05) is 20.1 Å². The van der Waals surface area contributed by atoms with Crippen LogP contribution in [0.5, 0.6) is 0 Å². The predicted octanol–water partition coefficient (Wildman–Crippen LogP) is 1.16. The van der Waals surface area contributed by atoms with E-state index < -0.39 is 0 Å². The summed E-state index contributed by atoms with van der Waals surface area (Å²) in [5, 5.41) is 11.5. The fourth-order valence-electron chi connectivity index (χ4n) is 3.43. The molecule has 2 aromatic heterocycles. The average Bonchev–Trinajstić information content (AvgIpc) is 3.26. The van der Waals surface area contributed by atoms with Crippen molar-refractivity contribution in [2.24, 2.45) is 13.0 Å². The van der Waals surface area contributed by atoms with Crippen LogP contribution in [0.15, 0.2) is 24.8 Å². The minimum atomic E-state index is -0.0423. The molecule has 24 heavy (non-hydrogen) atoms. The van der Waals surface area contributed by atoms with Crippen molar-refractivity contribution in [2.45, 2.75) is 32.4 Å². The van der Waals surface area contributed by atoms with Gasteiger partial charge in [-0.3, -0.25) is 19.1 Å². The Hall–Kier alpha value is -2.15. The Morgan fingerprint density at radius 1 is 1.29 bits per heavy atom. The first-order chi connectivity index (χ1) is 11.5. The van der Waals surface area contributed by atoms with Gasteiger partial charge in [0.25, 0.3) is 0 Å². The summed E-state index contributed by atoms with van der Waals surface area (Å²) in [5.74, 6) is 0.238. The number of carbonyl (C=O) groups excluding carboxylic acids is 1. The van der Waals surface area contributed by atoms with Crippen LogP contribution < -0.4 is 5.32 Å². The number of nitrogens with zero attached hydrogens (tertiary/aromatic N) is 5. The van der Waals surface area contributed by atoms with Gasteiger partial charge in [0.15, 0.2) is 0 Å². The van der Waals surface area contributed by atoms with Gasteiger partial charge in [-0.2, -0.15) is 10.2 Å². The van der Waals surface area contributed by atoms with Crippen molar-refractivity contribution in [3.8, 4) is 0 Å². The molecule has 1 amide bonds. The predicted molar refractivity (Wildman–Crippen MR) is 91.4 cm³/mol. The topological polar surface area (TPSA) is 68.0 Å². The van der Waals surface area contributed by atoms with E-state index >= 15 is 0 Å². The molecule has 3 rings (SSSR count). The summed E-state index contributed by atoms with van der Waals surface area (Å²) < 4.78 is 3.77. The maximum Gasteiger partial charge on any atom is 0.224 e. The van der Waals surface area contributed by atoms with Crippen molar-refractivity contribution in [3.05, 3.63) is 35.9 Å². The summed E-state index contributed by atoms with van der Waals surface area (Å²) >= 11 is 0. The highest BCUT2D eigenvalue weighted by molar-refractivity contribution is 5.80. The molecule has 2 atom stereocenters. The summed E-state index contributed by atoms with van der Waals surface area (Å²) in [7, 11) is 3.61. The molecule has 1 saturated heterocycles. The van der Waals surface area contributed by atoms with Gasteiger partial charge in [0, 0.05) is 63.6 Å². The number of nitrogens with one attached hydrogen (secondary N) is 1. The third-order valence-corrected chi connectivity index (χ3v) is 4.72. The highest BCUT2D eigenvalue weighted by Gasteiger charge is 2.38. The molecule has 0 bridgehead atoms. The molecule has 0 radical (unpaired) electrons. The Morgan fingerprint density at radius 3 is 2.67 bits per heavy atom. The van der Waals surface area contributed by atoms with Gasteiger partial charge in [0.2, 0.25) is 5.91 Å². The van der Waals surface area contributed by atoms with Crippen LogP contribution in [0.3, 0.4) is 0 Å². The summed E-state index contributed by atoms with van der Waals surface area (Å²) in [5.41, 5.74) is 2.32. The molecule has 1 aliphatic heterocycles. The molecule has 7 nitrogen and oxygen atoms in total. The van der Waals surface area contributed by atoms with E-state index in [0.29, 0.717) is 6.04 Å². The van der Waals surface area contributed by atoms with Crippen molar-refractivity contribution >= 4 is 5.91 Å². The lowest BCUT2D eigenvalue weighted by Crippen LogP contribution is -2.32. The fourth-order valence-corrected chi connectivity index (χ4v) is 3.43. The normalized spacial score (nSPS) is 21.5. The van der Waals surface area contributed by atoms with Crippen molar-refractivity contribution < 1.29 is 4.79 Å². The van der Waals surface area contributed by atoms with Gasteiger partial charge < -0.3 is 5.32 Å². The number of hydrogen-bond donors (Lipinski definition) is 1. The van der Waals surface area contributed by atoms with E-state index in [9.17, 15) is 4.79 Å². The first-order valence-corrected chi connectivity index (χ1v) is 8.43. The summed E-state index contributed by atoms with van der Waals surface area (Å²) in [6, 6.07) is 0.360. The number of rotatable bonds is 5. The third kappa shape index (κ3) is 3.36.